The second-order valence-electron chi connectivity index (χ2n) is 8.78. The van der Waals surface area contributed by atoms with Gasteiger partial charge < -0.3 is 25.1 Å². The average molecular weight is 476 g/mol. The van der Waals surface area contributed by atoms with Gasteiger partial charge in [-0.3, -0.25) is 4.79 Å². The minimum Gasteiger partial charge on any atom is -0.490 e. The van der Waals surface area contributed by atoms with Crippen LogP contribution in [-0.2, 0) is 13.7 Å². The Kier molecular flexibility index (Phi) is 6.56. The minimum atomic E-state index is -0.136. The van der Waals surface area contributed by atoms with Gasteiger partial charge in [0.1, 0.15) is 23.8 Å². The van der Waals surface area contributed by atoms with Crippen LogP contribution in [0.4, 0.5) is 5.69 Å². The summed E-state index contributed by atoms with van der Waals surface area (Å²) < 4.78 is 15.1. The molecule has 1 aliphatic rings. The van der Waals surface area contributed by atoms with Crippen molar-refractivity contribution in [3.05, 3.63) is 77.3 Å². The van der Waals surface area contributed by atoms with E-state index in [-0.39, 0.29) is 12.0 Å². The van der Waals surface area contributed by atoms with Gasteiger partial charge in [0.15, 0.2) is 0 Å². The lowest BCUT2D eigenvalue weighted by Gasteiger charge is -2.26. The highest BCUT2D eigenvalue weighted by molar-refractivity contribution is 7.17. The molecule has 3 N–H and O–H groups in total. The molecule has 1 fully saturated rings. The number of thiophene rings is 1. The van der Waals surface area contributed by atoms with Crippen LogP contribution in [0.1, 0.15) is 41.7 Å². The molecule has 0 radical (unpaired) electrons. The van der Waals surface area contributed by atoms with E-state index in [9.17, 15) is 4.79 Å². The summed E-state index contributed by atoms with van der Waals surface area (Å²) in [5, 5.41) is 5.08. The van der Waals surface area contributed by atoms with Crippen LogP contribution in [0.3, 0.4) is 0 Å². The zero-order valence-electron chi connectivity index (χ0n) is 19.2. The van der Waals surface area contributed by atoms with E-state index >= 15 is 0 Å². The Labute approximate surface area is 203 Å². The number of hydrogen-bond acceptors (Lipinski definition) is 5. The number of aromatic nitrogens is 1. The first-order valence-corrected chi connectivity index (χ1v) is 12.5. The monoisotopic (exact) mass is 475 g/mol. The Bertz CT molecular complexity index is 1270. The second kappa shape index (κ2) is 9.91. The van der Waals surface area contributed by atoms with Crippen LogP contribution in [0.2, 0.25) is 0 Å². The van der Waals surface area contributed by atoms with E-state index in [0.717, 1.165) is 58.6 Å². The van der Waals surface area contributed by atoms with Gasteiger partial charge in [-0.15, -0.1) is 11.3 Å². The maximum Gasteiger partial charge on any atom is 0.272 e. The molecule has 1 saturated carbocycles. The molecule has 2 aromatic heterocycles. The third-order valence-corrected chi connectivity index (χ3v) is 7.25. The summed E-state index contributed by atoms with van der Waals surface area (Å²) in [7, 11) is 1.91. The van der Waals surface area contributed by atoms with Crippen LogP contribution in [-0.4, -0.2) is 22.6 Å². The summed E-state index contributed by atoms with van der Waals surface area (Å²) in [6.45, 7) is 0.347. The molecule has 0 bridgehead atoms. The smallest absolute Gasteiger partial charge is 0.272 e. The van der Waals surface area contributed by atoms with Crippen molar-refractivity contribution in [1.29, 1.82) is 0 Å². The first kappa shape index (κ1) is 22.5. The maximum absolute atomic E-state index is 13.0. The van der Waals surface area contributed by atoms with Crippen molar-refractivity contribution in [1.82, 2.24) is 4.57 Å². The van der Waals surface area contributed by atoms with Crippen molar-refractivity contribution in [3.8, 4) is 11.5 Å². The van der Waals surface area contributed by atoms with E-state index in [2.05, 4.69) is 5.32 Å². The lowest BCUT2D eigenvalue weighted by molar-refractivity contribution is 0.101. The molecule has 0 spiro atoms. The molecular weight excluding hydrogens is 446 g/mol. The third-order valence-electron chi connectivity index (χ3n) is 6.40. The van der Waals surface area contributed by atoms with Gasteiger partial charge >= 0.3 is 0 Å². The molecule has 7 heteroatoms. The zero-order valence-corrected chi connectivity index (χ0v) is 20.0. The standard InChI is InChI=1S/C27H29N3O3S/c1-30-24-14-15-34-26(24)16-25(30)27(31)29-23-5-3-2-4-18(23)17-32-20-10-12-22(13-11-20)33-21-8-6-19(28)7-9-21/h2-5,10-16,19,21H,6-9,17,28H2,1H3,(H,29,31). The number of benzene rings is 2. The number of carbonyl (C=O) groups is 1. The van der Waals surface area contributed by atoms with E-state index in [1.54, 1.807) is 11.3 Å². The first-order valence-electron chi connectivity index (χ1n) is 11.6. The number of aryl methyl sites for hydroxylation is 1. The SMILES string of the molecule is Cn1c(C(=O)Nc2ccccc2COc2ccc(OC3CCC(N)CC3)cc2)cc2sccc21. The molecule has 2 heterocycles. The molecule has 0 aliphatic heterocycles. The van der Waals surface area contributed by atoms with Crippen molar-refractivity contribution in [2.24, 2.45) is 12.8 Å². The summed E-state index contributed by atoms with van der Waals surface area (Å²) in [6.07, 6.45) is 4.28. The summed E-state index contributed by atoms with van der Waals surface area (Å²) in [4.78, 5) is 13.0. The first-order chi connectivity index (χ1) is 16.6. The Hall–Kier alpha value is -3.29. The van der Waals surface area contributed by atoms with Crippen LogP contribution >= 0.6 is 11.3 Å². The topological polar surface area (TPSA) is 78.5 Å². The predicted molar refractivity (Wildman–Crippen MR) is 137 cm³/mol. The summed E-state index contributed by atoms with van der Waals surface area (Å²) in [5.41, 5.74) is 9.33. The number of nitrogens with two attached hydrogens (primary N) is 1. The van der Waals surface area contributed by atoms with E-state index in [1.807, 2.05) is 77.7 Å². The van der Waals surface area contributed by atoms with Gasteiger partial charge in [-0.2, -0.15) is 0 Å². The van der Waals surface area contributed by atoms with Gasteiger partial charge in [0.2, 0.25) is 0 Å². The second-order valence-corrected chi connectivity index (χ2v) is 9.73. The molecule has 0 unspecified atom stereocenters. The quantitative estimate of drug-likeness (QED) is 0.358. The molecule has 1 amide bonds. The number of nitrogens with zero attached hydrogens (tertiary/aromatic N) is 1. The van der Waals surface area contributed by atoms with Gasteiger partial charge in [-0.25, -0.2) is 0 Å². The highest BCUT2D eigenvalue weighted by atomic mass is 32.1. The van der Waals surface area contributed by atoms with Gasteiger partial charge in [0.25, 0.3) is 5.91 Å². The molecule has 1 aliphatic carbocycles. The molecule has 176 valence electrons. The fourth-order valence-electron chi connectivity index (χ4n) is 4.40. The fourth-order valence-corrected chi connectivity index (χ4v) is 5.25. The molecule has 0 atom stereocenters. The number of anilines is 1. The van der Waals surface area contributed by atoms with Crippen LogP contribution in [0.5, 0.6) is 11.5 Å². The van der Waals surface area contributed by atoms with E-state index in [1.165, 1.54) is 0 Å². The van der Waals surface area contributed by atoms with Crippen LogP contribution in [0, 0.1) is 0 Å². The molecule has 34 heavy (non-hydrogen) atoms. The number of nitrogens with one attached hydrogen (secondary N) is 1. The molecule has 4 aromatic rings. The predicted octanol–water partition coefficient (Wildman–Crippen LogP) is 5.72. The Morgan fingerprint density at radius 1 is 1.06 bits per heavy atom. The fraction of sp³-hybridized carbons (Fsp3) is 0.296. The minimum absolute atomic E-state index is 0.136. The number of fused-ring (bicyclic) bond motifs is 1. The number of ether oxygens (including phenoxy) is 2. The molecule has 6 nitrogen and oxygen atoms in total. The van der Waals surface area contributed by atoms with Crippen LogP contribution in [0.25, 0.3) is 10.2 Å². The third kappa shape index (κ3) is 4.95. The van der Waals surface area contributed by atoms with Crippen molar-refractivity contribution in [2.75, 3.05) is 5.32 Å². The Morgan fingerprint density at radius 2 is 1.79 bits per heavy atom. The highest BCUT2D eigenvalue weighted by Gasteiger charge is 2.20. The Balaban J connectivity index is 1.20. The van der Waals surface area contributed by atoms with E-state index in [0.29, 0.717) is 18.3 Å². The highest BCUT2D eigenvalue weighted by Crippen LogP contribution is 2.27. The summed E-state index contributed by atoms with van der Waals surface area (Å²) in [5.74, 6) is 1.47. The van der Waals surface area contributed by atoms with Crippen molar-refractivity contribution in [3.63, 3.8) is 0 Å². The van der Waals surface area contributed by atoms with Gasteiger partial charge in [-0.05, 0) is 73.5 Å². The Morgan fingerprint density at radius 3 is 2.56 bits per heavy atom. The van der Waals surface area contributed by atoms with Crippen molar-refractivity contribution < 1.29 is 14.3 Å². The largest absolute Gasteiger partial charge is 0.490 e. The molecule has 0 saturated heterocycles. The normalized spacial score (nSPS) is 18.1. The number of rotatable bonds is 7. The lowest BCUT2D eigenvalue weighted by Crippen LogP contribution is -2.31. The van der Waals surface area contributed by atoms with Gasteiger partial charge in [-0.1, -0.05) is 18.2 Å². The van der Waals surface area contributed by atoms with Crippen molar-refractivity contribution >= 4 is 33.1 Å². The number of hydrogen-bond donors (Lipinski definition) is 2. The lowest BCUT2D eigenvalue weighted by atomic mass is 9.94. The number of amides is 1. The number of para-hydroxylation sites is 1. The van der Waals surface area contributed by atoms with Gasteiger partial charge in [0, 0.05) is 24.3 Å². The van der Waals surface area contributed by atoms with E-state index in [4.69, 9.17) is 15.2 Å². The molecule has 2 aromatic carbocycles. The summed E-state index contributed by atoms with van der Waals surface area (Å²) in [6, 6.07) is 19.7. The average Bonchev–Trinajstić information content (AvgIpc) is 3.44. The zero-order chi connectivity index (χ0) is 23.5. The van der Waals surface area contributed by atoms with Gasteiger partial charge in [0.05, 0.1) is 16.3 Å². The molecular formula is C27H29N3O3S. The van der Waals surface area contributed by atoms with E-state index < -0.39 is 0 Å². The maximum atomic E-state index is 13.0. The van der Waals surface area contributed by atoms with Crippen LogP contribution in [0.15, 0.2) is 66.0 Å². The van der Waals surface area contributed by atoms with Crippen LogP contribution < -0.4 is 20.5 Å². The number of carbonyl (C=O) groups excluding carboxylic acids is 1. The summed E-state index contributed by atoms with van der Waals surface area (Å²) >= 11 is 1.63. The van der Waals surface area contributed by atoms with Crippen molar-refractivity contribution in [2.45, 2.75) is 44.4 Å². The molecule has 5 rings (SSSR count).